The summed E-state index contributed by atoms with van der Waals surface area (Å²) in [6.45, 7) is 0.0988. The highest BCUT2D eigenvalue weighted by Crippen LogP contribution is 1.90. The van der Waals surface area contributed by atoms with Crippen molar-refractivity contribution in [2.24, 2.45) is 5.73 Å². The number of esters is 1. The zero-order valence-corrected chi connectivity index (χ0v) is 8.84. The number of carbonyl (C=O) groups is 2. The van der Waals surface area contributed by atoms with E-state index >= 15 is 0 Å². The molecule has 0 saturated carbocycles. The predicted molar refractivity (Wildman–Crippen MR) is 52.9 cm³/mol. The molecule has 0 radical (unpaired) electrons. The van der Waals surface area contributed by atoms with Gasteiger partial charge in [-0.3, -0.25) is 9.59 Å². The molecule has 0 aliphatic rings. The molecule has 0 aliphatic carbocycles. The van der Waals surface area contributed by atoms with Crippen LogP contribution in [0.1, 0.15) is 5.69 Å². The van der Waals surface area contributed by atoms with E-state index in [4.69, 9.17) is 5.73 Å². The molecule has 0 unspecified atom stereocenters. The van der Waals surface area contributed by atoms with Crippen LogP contribution in [0.4, 0.5) is 0 Å². The van der Waals surface area contributed by atoms with Crippen LogP contribution in [0.2, 0.25) is 0 Å². The van der Waals surface area contributed by atoms with Crippen LogP contribution in [0, 0.1) is 0 Å². The highest BCUT2D eigenvalue weighted by molar-refractivity contribution is 5.81. The number of nitrogens with zero attached hydrogens (tertiary/aromatic N) is 3. The van der Waals surface area contributed by atoms with Crippen LogP contribution in [0.3, 0.4) is 0 Å². The normalized spacial score (nSPS) is 9.88. The van der Waals surface area contributed by atoms with Gasteiger partial charge >= 0.3 is 5.97 Å². The molecule has 8 heteroatoms. The first kappa shape index (κ1) is 12.1. The molecule has 0 spiro atoms. The van der Waals surface area contributed by atoms with Crippen LogP contribution in [0.5, 0.6) is 0 Å². The SMILES string of the molecule is COC(=O)CNC(=O)Cn1cc(CN)nn1. The number of hydrogen-bond donors (Lipinski definition) is 2. The fourth-order valence-corrected chi connectivity index (χ4v) is 0.955. The van der Waals surface area contributed by atoms with Gasteiger partial charge in [0.15, 0.2) is 0 Å². The Hall–Kier alpha value is -1.96. The second-order valence-electron chi connectivity index (χ2n) is 2.96. The molecule has 16 heavy (non-hydrogen) atoms. The predicted octanol–water partition coefficient (Wildman–Crippen LogP) is -1.97. The average Bonchev–Trinajstić information content (AvgIpc) is 2.73. The maximum Gasteiger partial charge on any atom is 0.325 e. The van der Waals surface area contributed by atoms with E-state index in [1.165, 1.54) is 11.8 Å². The molecule has 3 N–H and O–H groups in total. The van der Waals surface area contributed by atoms with Crippen molar-refractivity contribution in [1.29, 1.82) is 0 Å². The van der Waals surface area contributed by atoms with E-state index in [1.807, 2.05) is 0 Å². The van der Waals surface area contributed by atoms with Crippen molar-refractivity contribution in [1.82, 2.24) is 20.3 Å². The van der Waals surface area contributed by atoms with Gasteiger partial charge in [0.1, 0.15) is 13.1 Å². The van der Waals surface area contributed by atoms with Gasteiger partial charge in [0.05, 0.1) is 19.0 Å². The second kappa shape index (κ2) is 5.81. The molecule has 1 aromatic rings. The Kier molecular flexibility index (Phi) is 4.40. The van der Waals surface area contributed by atoms with Crippen molar-refractivity contribution in [2.45, 2.75) is 13.1 Å². The van der Waals surface area contributed by atoms with E-state index < -0.39 is 5.97 Å². The zero-order chi connectivity index (χ0) is 12.0. The van der Waals surface area contributed by atoms with Crippen LogP contribution in [-0.4, -0.2) is 40.5 Å². The number of nitrogens with two attached hydrogens (primary N) is 1. The van der Waals surface area contributed by atoms with E-state index in [2.05, 4.69) is 20.4 Å². The van der Waals surface area contributed by atoms with Gasteiger partial charge in [0.2, 0.25) is 5.91 Å². The minimum Gasteiger partial charge on any atom is -0.468 e. The lowest BCUT2D eigenvalue weighted by Crippen LogP contribution is -2.32. The third kappa shape index (κ3) is 3.65. The van der Waals surface area contributed by atoms with Gasteiger partial charge in [-0.15, -0.1) is 5.10 Å². The van der Waals surface area contributed by atoms with Crippen molar-refractivity contribution in [2.75, 3.05) is 13.7 Å². The molecule has 8 nitrogen and oxygen atoms in total. The summed E-state index contributed by atoms with van der Waals surface area (Å²) >= 11 is 0. The smallest absolute Gasteiger partial charge is 0.325 e. The van der Waals surface area contributed by atoms with Gasteiger partial charge < -0.3 is 15.8 Å². The molecule has 1 amide bonds. The van der Waals surface area contributed by atoms with E-state index in [0.717, 1.165) is 0 Å². The fourth-order valence-electron chi connectivity index (χ4n) is 0.955. The van der Waals surface area contributed by atoms with E-state index in [9.17, 15) is 9.59 Å². The Balaban J connectivity index is 2.36. The molecule has 0 aliphatic heterocycles. The number of carbonyl (C=O) groups excluding carboxylic acids is 2. The highest BCUT2D eigenvalue weighted by Gasteiger charge is 2.07. The van der Waals surface area contributed by atoms with Crippen molar-refractivity contribution in [3.05, 3.63) is 11.9 Å². The number of nitrogens with one attached hydrogen (secondary N) is 1. The van der Waals surface area contributed by atoms with Crippen molar-refractivity contribution < 1.29 is 14.3 Å². The largest absolute Gasteiger partial charge is 0.468 e. The van der Waals surface area contributed by atoms with Gasteiger partial charge in [-0.2, -0.15) is 0 Å². The zero-order valence-electron chi connectivity index (χ0n) is 8.84. The van der Waals surface area contributed by atoms with E-state index in [1.54, 1.807) is 6.20 Å². The third-order valence-corrected chi connectivity index (χ3v) is 1.76. The van der Waals surface area contributed by atoms with Gasteiger partial charge in [0, 0.05) is 6.54 Å². The topological polar surface area (TPSA) is 112 Å². The Bertz CT molecular complexity index is 376. The standard InChI is InChI=1S/C8H13N5O3/c1-16-8(15)3-10-7(14)5-13-4-6(2-9)11-12-13/h4H,2-3,5,9H2,1H3,(H,10,14). The Morgan fingerprint density at radius 3 is 2.94 bits per heavy atom. The molecular formula is C8H13N5O3. The number of aromatic nitrogens is 3. The van der Waals surface area contributed by atoms with Gasteiger partial charge in [-0.25, -0.2) is 4.68 Å². The minimum atomic E-state index is -0.505. The molecule has 1 heterocycles. The van der Waals surface area contributed by atoms with Crippen LogP contribution < -0.4 is 11.1 Å². The number of hydrogen-bond acceptors (Lipinski definition) is 6. The molecular weight excluding hydrogens is 214 g/mol. The monoisotopic (exact) mass is 227 g/mol. The van der Waals surface area contributed by atoms with Crippen LogP contribution in [-0.2, 0) is 27.4 Å². The lowest BCUT2D eigenvalue weighted by Gasteiger charge is -2.02. The van der Waals surface area contributed by atoms with E-state index in [-0.39, 0.29) is 25.5 Å². The van der Waals surface area contributed by atoms with Crippen molar-refractivity contribution in [3.8, 4) is 0 Å². The van der Waals surface area contributed by atoms with Crippen molar-refractivity contribution in [3.63, 3.8) is 0 Å². The maximum atomic E-state index is 11.3. The Morgan fingerprint density at radius 1 is 1.62 bits per heavy atom. The highest BCUT2D eigenvalue weighted by atomic mass is 16.5. The first-order valence-corrected chi connectivity index (χ1v) is 4.58. The third-order valence-electron chi connectivity index (χ3n) is 1.76. The molecule has 0 fully saturated rings. The summed E-state index contributed by atoms with van der Waals surface area (Å²) in [5, 5.41) is 9.78. The summed E-state index contributed by atoms with van der Waals surface area (Å²) in [6, 6.07) is 0. The molecule has 1 aromatic heterocycles. The first-order chi connectivity index (χ1) is 7.65. The summed E-state index contributed by atoms with van der Waals surface area (Å²) in [6.07, 6.45) is 1.57. The summed E-state index contributed by atoms with van der Waals surface area (Å²) < 4.78 is 5.71. The number of ether oxygens (including phenoxy) is 1. The van der Waals surface area contributed by atoms with Crippen LogP contribution in [0.15, 0.2) is 6.20 Å². The lowest BCUT2D eigenvalue weighted by atomic mass is 10.5. The van der Waals surface area contributed by atoms with Gasteiger partial charge in [-0.1, -0.05) is 5.21 Å². The molecule has 0 atom stereocenters. The molecule has 1 rings (SSSR count). The molecule has 88 valence electrons. The summed E-state index contributed by atoms with van der Waals surface area (Å²) in [7, 11) is 1.25. The summed E-state index contributed by atoms with van der Waals surface area (Å²) in [5.74, 6) is -0.853. The number of amides is 1. The summed E-state index contributed by atoms with van der Waals surface area (Å²) in [4.78, 5) is 22.0. The Morgan fingerprint density at radius 2 is 2.38 bits per heavy atom. The van der Waals surface area contributed by atoms with Crippen LogP contribution in [0.25, 0.3) is 0 Å². The molecule has 0 saturated heterocycles. The fraction of sp³-hybridized carbons (Fsp3) is 0.500. The summed E-state index contributed by atoms with van der Waals surface area (Å²) in [5.41, 5.74) is 5.93. The number of rotatable bonds is 5. The minimum absolute atomic E-state index is 0.00993. The number of methoxy groups -OCH3 is 1. The first-order valence-electron chi connectivity index (χ1n) is 4.58. The van der Waals surface area contributed by atoms with E-state index in [0.29, 0.717) is 5.69 Å². The average molecular weight is 227 g/mol. The maximum absolute atomic E-state index is 11.3. The van der Waals surface area contributed by atoms with Crippen molar-refractivity contribution >= 4 is 11.9 Å². The second-order valence-corrected chi connectivity index (χ2v) is 2.96. The van der Waals surface area contributed by atoms with Gasteiger partial charge in [-0.05, 0) is 0 Å². The quantitative estimate of drug-likeness (QED) is 0.564. The Labute approximate surface area is 91.7 Å². The van der Waals surface area contributed by atoms with Crippen LogP contribution >= 0.6 is 0 Å². The van der Waals surface area contributed by atoms with Gasteiger partial charge in [0.25, 0.3) is 0 Å². The lowest BCUT2D eigenvalue weighted by molar-refractivity contribution is -0.141. The molecule has 0 aromatic carbocycles. The molecule has 0 bridgehead atoms.